The molecule has 0 bridgehead atoms. The molecule has 1 amide bonds. The summed E-state index contributed by atoms with van der Waals surface area (Å²) >= 11 is 7.43. The van der Waals surface area contributed by atoms with Gasteiger partial charge in [-0.1, -0.05) is 41.9 Å². The number of nitrogens with zero attached hydrogens (tertiary/aromatic N) is 3. The standard InChI is InChI=1S/C26H30ClN3O6S2/c1-3-36-14-7-13-29(38(34,35)22-10-11-23(27)24(16-22)30(32)33)19-26(31)28(17-21-8-5-4-6-9-21)18-25-20(2)12-15-37-25/h4-6,8-12,15-16H,3,7,13-14,17-19H2,1-2H3. The zero-order chi connectivity index (χ0) is 27.7. The van der Waals surface area contributed by atoms with Crippen molar-refractivity contribution in [2.24, 2.45) is 0 Å². The van der Waals surface area contributed by atoms with E-state index >= 15 is 0 Å². The number of hydrogen-bond acceptors (Lipinski definition) is 7. The molecule has 0 radical (unpaired) electrons. The van der Waals surface area contributed by atoms with Crippen LogP contribution < -0.4 is 0 Å². The lowest BCUT2D eigenvalue weighted by molar-refractivity contribution is -0.384. The van der Waals surface area contributed by atoms with Crippen LogP contribution >= 0.6 is 22.9 Å². The van der Waals surface area contributed by atoms with E-state index in [2.05, 4.69) is 0 Å². The quantitative estimate of drug-likeness (QED) is 0.146. The average Bonchev–Trinajstić information content (AvgIpc) is 3.30. The maximum absolute atomic E-state index is 13.7. The van der Waals surface area contributed by atoms with Gasteiger partial charge in [0.25, 0.3) is 5.69 Å². The topological polar surface area (TPSA) is 110 Å². The highest BCUT2D eigenvalue weighted by atomic mass is 35.5. The van der Waals surface area contributed by atoms with Crippen molar-refractivity contribution in [1.82, 2.24) is 9.21 Å². The van der Waals surface area contributed by atoms with Crippen LogP contribution in [0.15, 0.2) is 64.9 Å². The molecule has 2 aromatic carbocycles. The molecule has 0 fully saturated rings. The summed E-state index contributed by atoms with van der Waals surface area (Å²) in [6, 6.07) is 14.7. The van der Waals surface area contributed by atoms with Gasteiger partial charge in [-0.25, -0.2) is 8.42 Å². The number of ether oxygens (including phenoxy) is 1. The summed E-state index contributed by atoms with van der Waals surface area (Å²) in [4.78, 5) is 26.6. The van der Waals surface area contributed by atoms with E-state index in [0.29, 0.717) is 32.7 Å². The smallest absolute Gasteiger partial charge is 0.289 e. The number of nitro benzene ring substituents is 1. The molecule has 0 aliphatic carbocycles. The van der Waals surface area contributed by atoms with E-state index < -0.39 is 27.2 Å². The van der Waals surface area contributed by atoms with Gasteiger partial charge in [0.1, 0.15) is 5.02 Å². The highest BCUT2D eigenvalue weighted by molar-refractivity contribution is 7.89. The number of halogens is 1. The minimum absolute atomic E-state index is 0.00169. The van der Waals surface area contributed by atoms with Crippen LogP contribution in [0.1, 0.15) is 29.3 Å². The Morgan fingerprint density at radius 1 is 1.13 bits per heavy atom. The number of benzene rings is 2. The molecule has 204 valence electrons. The number of carbonyl (C=O) groups excluding carboxylic acids is 1. The number of rotatable bonds is 14. The highest BCUT2D eigenvalue weighted by Crippen LogP contribution is 2.29. The van der Waals surface area contributed by atoms with Crippen molar-refractivity contribution in [3.8, 4) is 0 Å². The van der Waals surface area contributed by atoms with Gasteiger partial charge in [-0.05, 0) is 55.0 Å². The molecule has 3 rings (SSSR count). The third kappa shape index (κ3) is 7.84. The lowest BCUT2D eigenvalue weighted by Gasteiger charge is -2.27. The summed E-state index contributed by atoms with van der Waals surface area (Å²) in [5.41, 5.74) is 1.44. The molecule has 0 N–H and O–H groups in total. The Labute approximate surface area is 231 Å². The number of aryl methyl sites for hydroxylation is 1. The Hall–Kier alpha value is -2.83. The summed E-state index contributed by atoms with van der Waals surface area (Å²) in [5.74, 6) is -0.384. The van der Waals surface area contributed by atoms with Crippen LogP contribution in [0.5, 0.6) is 0 Å². The van der Waals surface area contributed by atoms with Gasteiger partial charge in [0.2, 0.25) is 15.9 Å². The van der Waals surface area contributed by atoms with Crippen molar-refractivity contribution >= 4 is 44.6 Å². The van der Waals surface area contributed by atoms with Crippen LogP contribution in [-0.2, 0) is 32.6 Å². The zero-order valence-corrected chi connectivity index (χ0v) is 23.6. The molecule has 12 heteroatoms. The predicted octanol–water partition coefficient (Wildman–Crippen LogP) is 5.26. The molecule has 0 saturated heterocycles. The molecule has 3 aromatic rings. The fourth-order valence-corrected chi connectivity index (χ4v) is 6.30. The Kier molecular flexibility index (Phi) is 10.8. The summed E-state index contributed by atoms with van der Waals surface area (Å²) in [6.07, 6.45) is 0.346. The Morgan fingerprint density at radius 3 is 2.50 bits per heavy atom. The van der Waals surface area contributed by atoms with Crippen LogP contribution in [0.4, 0.5) is 5.69 Å². The maximum Gasteiger partial charge on any atom is 0.289 e. The average molecular weight is 580 g/mol. The Balaban J connectivity index is 1.92. The second-order valence-corrected chi connectivity index (χ2v) is 11.9. The lowest BCUT2D eigenvalue weighted by atomic mass is 10.2. The van der Waals surface area contributed by atoms with E-state index in [-0.39, 0.29) is 22.4 Å². The fraction of sp³-hybridized carbons (Fsp3) is 0.346. The molecule has 1 heterocycles. The SMILES string of the molecule is CCOCCCN(CC(=O)N(Cc1ccccc1)Cc1sccc1C)S(=O)(=O)c1ccc(Cl)c([N+](=O)[O-])c1. The van der Waals surface area contributed by atoms with Crippen LogP contribution in [0.25, 0.3) is 0 Å². The summed E-state index contributed by atoms with van der Waals surface area (Å²) in [7, 11) is -4.26. The fourth-order valence-electron chi connectivity index (χ4n) is 3.74. The first-order chi connectivity index (χ1) is 18.1. The number of hydrogen-bond donors (Lipinski definition) is 0. The molecular formula is C26H30ClN3O6S2. The molecular weight excluding hydrogens is 550 g/mol. The van der Waals surface area contributed by atoms with Crippen LogP contribution in [-0.4, -0.2) is 54.8 Å². The molecule has 0 unspecified atom stereocenters. The van der Waals surface area contributed by atoms with Gasteiger partial charge < -0.3 is 9.64 Å². The molecule has 0 aliphatic rings. The van der Waals surface area contributed by atoms with Crippen molar-refractivity contribution < 1.29 is 22.9 Å². The lowest BCUT2D eigenvalue weighted by Crippen LogP contribution is -2.43. The zero-order valence-electron chi connectivity index (χ0n) is 21.2. The molecule has 0 saturated carbocycles. The molecule has 38 heavy (non-hydrogen) atoms. The van der Waals surface area contributed by atoms with Crippen LogP contribution in [0.2, 0.25) is 5.02 Å². The van der Waals surface area contributed by atoms with Crippen molar-refractivity contribution in [2.45, 2.75) is 38.3 Å². The van der Waals surface area contributed by atoms with Crippen LogP contribution in [0, 0.1) is 17.0 Å². The summed E-state index contributed by atoms with van der Waals surface area (Å²) in [6.45, 7) is 4.78. The molecule has 0 spiro atoms. The van der Waals surface area contributed by atoms with Gasteiger partial charge in [0.15, 0.2) is 0 Å². The Bertz CT molecular complexity index is 1350. The van der Waals surface area contributed by atoms with Gasteiger partial charge in [0.05, 0.1) is 22.9 Å². The van der Waals surface area contributed by atoms with E-state index in [1.54, 1.807) is 4.90 Å². The molecule has 9 nitrogen and oxygen atoms in total. The largest absolute Gasteiger partial charge is 0.382 e. The summed E-state index contributed by atoms with van der Waals surface area (Å²) in [5, 5.41) is 13.1. The van der Waals surface area contributed by atoms with Gasteiger partial charge in [0, 0.05) is 37.2 Å². The van der Waals surface area contributed by atoms with E-state index in [1.807, 2.05) is 55.6 Å². The van der Waals surface area contributed by atoms with Crippen LogP contribution in [0.3, 0.4) is 0 Å². The first-order valence-corrected chi connectivity index (χ1v) is 14.7. The first kappa shape index (κ1) is 29.7. The van der Waals surface area contributed by atoms with E-state index in [9.17, 15) is 23.3 Å². The third-order valence-corrected chi connectivity index (χ3v) is 9.00. The molecule has 0 aliphatic heterocycles. The minimum Gasteiger partial charge on any atom is -0.382 e. The number of carbonyl (C=O) groups is 1. The van der Waals surface area contributed by atoms with Gasteiger partial charge >= 0.3 is 0 Å². The van der Waals surface area contributed by atoms with Crippen molar-refractivity contribution in [1.29, 1.82) is 0 Å². The number of amides is 1. The molecule has 0 atom stereocenters. The molecule has 1 aromatic heterocycles. The van der Waals surface area contributed by atoms with E-state index in [4.69, 9.17) is 16.3 Å². The van der Waals surface area contributed by atoms with E-state index in [0.717, 1.165) is 26.4 Å². The maximum atomic E-state index is 13.7. The van der Waals surface area contributed by atoms with Gasteiger partial charge in [-0.2, -0.15) is 4.31 Å². The monoisotopic (exact) mass is 579 g/mol. The second-order valence-electron chi connectivity index (χ2n) is 8.52. The predicted molar refractivity (Wildman–Crippen MR) is 148 cm³/mol. The Morgan fingerprint density at radius 2 is 1.87 bits per heavy atom. The minimum atomic E-state index is -4.26. The van der Waals surface area contributed by atoms with E-state index in [1.165, 1.54) is 23.5 Å². The first-order valence-electron chi connectivity index (χ1n) is 12.0. The highest BCUT2D eigenvalue weighted by Gasteiger charge is 2.30. The van der Waals surface area contributed by atoms with Crippen molar-refractivity contribution in [3.05, 3.63) is 91.1 Å². The van der Waals surface area contributed by atoms with Crippen molar-refractivity contribution in [3.63, 3.8) is 0 Å². The van der Waals surface area contributed by atoms with Crippen molar-refractivity contribution in [2.75, 3.05) is 26.3 Å². The number of nitro groups is 1. The van der Waals surface area contributed by atoms with Gasteiger partial charge in [-0.3, -0.25) is 14.9 Å². The number of sulfonamides is 1. The third-order valence-electron chi connectivity index (χ3n) is 5.84. The normalized spacial score (nSPS) is 11.6. The second kappa shape index (κ2) is 13.8. The number of thiophene rings is 1. The van der Waals surface area contributed by atoms with Gasteiger partial charge in [-0.15, -0.1) is 11.3 Å². The summed E-state index contributed by atoms with van der Waals surface area (Å²) < 4.78 is 33.7.